The van der Waals surface area contributed by atoms with Gasteiger partial charge in [-0.2, -0.15) is 9.61 Å². The monoisotopic (exact) mass is 532 g/mol. The van der Waals surface area contributed by atoms with Crippen molar-refractivity contribution >= 4 is 46.4 Å². The summed E-state index contributed by atoms with van der Waals surface area (Å²) in [6, 6.07) is 12.4. The van der Waals surface area contributed by atoms with E-state index in [4.69, 9.17) is 17.3 Å². The van der Waals surface area contributed by atoms with E-state index in [0.29, 0.717) is 58.1 Å². The lowest BCUT2D eigenvalue weighted by Crippen LogP contribution is -2.34. The third-order valence-corrected chi connectivity index (χ3v) is 7.20. The zero-order valence-corrected chi connectivity index (χ0v) is 22.2. The first-order valence-electron chi connectivity index (χ1n) is 12.2. The van der Waals surface area contributed by atoms with E-state index < -0.39 is 6.03 Å². The smallest absolute Gasteiger partial charge is 0.323 e. The summed E-state index contributed by atoms with van der Waals surface area (Å²) < 4.78 is 1.50. The van der Waals surface area contributed by atoms with Gasteiger partial charge in [0.1, 0.15) is 11.4 Å². The number of rotatable bonds is 5. The number of hydrogen-bond acceptors (Lipinski definition) is 6. The molecule has 4 aromatic rings. The molecule has 10 nitrogen and oxygen atoms in total. The van der Waals surface area contributed by atoms with Gasteiger partial charge in [0.2, 0.25) is 0 Å². The van der Waals surface area contributed by atoms with E-state index in [1.54, 1.807) is 36.5 Å². The van der Waals surface area contributed by atoms with Crippen LogP contribution in [0.2, 0.25) is 5.02 Å². The minimum Gasteiger partial charge on any atom is -0.383 e. The molecule has 0 bridgehead atoms. The van der Waals surface area contributed by atoms with Crippen LogP contribution in [-0.4, -0.2) is 69.6 Å². The first-order chi connectivity index (χ1) is 18.2. The molecule has 2 aromatic heterocycles. The predicted octanol–water partition coefficient (Wildman–Crippen LogP) is 4.36. The number of carbonyl (C=O) groups is 2. The number of fused-ring (bicyclic) bond motifs is 1. The zero-order valence-electron chi connectivity index (χ0n) is 21.4. The topological polar surface area (TPSA) is 121 Å². The molecule has 1 saturated heterocycles. The number of likely N-dealkylation sites (tertiary alicyclic amines) is 1. The number of nitrogens with zero attached hydrogens (tertiary/aromatic N) is 5. The van der Waals surface area contributed by atoms with Gasteiger partial charge >= 0.3 is 6.03 Å². The van der Waals surface area contributed by atoms with Crippen molar-refractivity contribution in [1.82, 2.24) is 24.4 Å². The Bertz CT molecular complexity index is 1530. The first kappa shape index (κ1) is 25.5. The third-order valence-electron chi connectivity index (χ3n) is 6.87. The molecule has 0 spiro atoms. The molecule has 196 valence electrons. The Morgan fingerprint density at radius 3 is 2.61 bits per heavy atom. The van der Waals surface area contributed by atoms with Crippen LogP contribution in [0.3, 0.4) is 0 Å². The van der Waals surface area contributed by atoms with Gasteiger partial charge in [0.05, 0.1) is 16.9 Å². The van der Waals surface area contributed by atoms with E-state index in [1.165, 1.54) is 10.7 Å². The average molecular weight is 533 g/mol. The molecule has 1 unspecified atom stereocenters. The summed E-state index contributed by atoms with van der Waals surface area (Å²) in [5.74, 6) is 0.285. The van der Waals surface area contributed by atoms with Crippen LogP contribution in [-0.2, 0) is 0 Å². The Labute approximate surface area is 225 Å². The van der Waals surface area contributed by atoms with E-state index in [-0.39, 0.29) is 5.91 Å². The lowest BCUT2D eigenvalue weighted by atomic mass is 10.0. The Balaban J connectivity index is 1.35. The summed E-state index contributed by atoms with van der Waals surface area (Å²) in [5, 5.41) is 10.4. The lowest BCUT2D eigenvalue weighted by Gasteiger charge is -2.20. The van der Waals surface area contributed by atoms with Crippen molar-refractivity contribution in [2.24, 2.45) is 0 Å². The number of aryl methyl sites for hydroxylation is 1. The molecule has 5 rings (SSSR count). The summed E-state index contributed by atoms with van der Waals surface area (Å²) in [6.45, 7) is 3.29. The lowest BCUT2D eigenvalue weighted by molar-refractivity contribution is 0.0784. The molecule has 1 atom stereocenters. The van der Waals surface area contributed by atoms with Crippen molar-refractivity contribution in [2.45, 2.75) is 19.4 Å². The Hall–Kier alpha value is -4.15. The molecule has 2 aromatic carbocycles. The second kappa shape index (κ2) is 10.3. The fourth-order valence-electron chi connectivity index (χ4n) is 4.72. The van der Waals surface area contributed by atoms with E-state index in [1.807, 2.05) is 38.1 Å². The minimum absolute atomic E-state index is 0.0920. The molecular weight excluding hydrogens is 504 g/mol. The summed E-state index contributed by atoms with van der Waals surface area (Å²) in [7, 11) is 4.05. The molecule has 1 fully saturated rings. The summed E-state index contributed by atoms with van der Waals surface area (Å²) >= 11 is 6.12. The van der Waals surface area contributed by atoms with Crippen molar-refractivity contribution in [2.75, 3.05) is 43.6 Å². The SMILES string of the molecule is Cc1cc(NC(=O)Nc2ccccc2Cl)ccc1-c1cnc2c(C(=O)N3CCC(N(C)C)C3)cnn2c1N. The van der Waals surface area contributed by atoms with Gasteiger partial charge in [0.15, 0.2) is 5.65 Å². The Morgan fingerprint density at radius 2 is 1.89 bits per heavy atom. The number of aromatic nitrogens is 3. The largest absolute Gasteiger partial charge is 0.383 e. The van der Waals surface area contributed by atoms with Gasteiger partial charge in [-0.1, -0.05) is 29.8 Å². The number of nitrogens with two attached hydrogens (primary N) is 1. The second-order valence-corrected chi connectivity index (χ2v) is 10.0. The number of carbonyl (C=O) groups excluding carboxylic acids is 2. The van der Waals surface area contributed by atoms with E-state index >= 15 is 0 Å². The minimum atomic E-state index is -0.406. The van der Waals surface area contributed by atoms with Gasteiger partial charge in [0.25, 0.3) is 5.91 Å². The maximum absolute atomic E-state index is 13.2. The highest BCUT2D eigenvalue weighted by molar-refractivity contribution is 6.33. The van der Waals surface area contributed by atoms with E-state index in [2.05, 4.69) is 25.6 Å². The molecule has 1 aliphatic rings. The number of halogens is 1. The average Bonchev–Trinajstić information content (AvgIpc) is 3.54. The highest BCUT2D eigenvalue weighted by Gasteiger charge is 2.30. The molecule has 38 heavy (non-hydrogen) atoms. The van der Waals surface area contributed by atoms with Crippen LogP contribution >= 0.6 is 11.6 Å². The summed E-state index contributed by atoms with van der Waals surface area (Å²) in [5.41, 5.74) is 10.9. The van der Waals surface area contributed by atoms with Crippen LogP contribution in [0.15, 0.2) is 54.9 Å². The number of benzene rings is 2. The molecule has 1 aliphatic heterocycles. The molecular formula is C27H29ClN8O2. The normalized spacial score (nSPS) is 15.3. The van der Waals surface area contributed by atoms with Gasteiger partial charge < -0.3 is 26.2 Å². The second-order valence-electron chi connectivity index (χ2n) is 9.60. The third kappa shape index (κ3) is 4.88. The van der Waals surface area contributed by atoms with Gasteiger partial charge in [-0.3, -0.25) is 4.79 Å². The molecule has 0 saturated carbocycles. The summed E-state index contributed by atoms with van der Waals surface area (Å²) in [4.78, 5) is 34.2. The van der Waals surface area contributed by atoms with E-state index in [9.17, 15) is 9.59 Å². The fourth-order valence-corrected chi connectivity index (χ4v) is 4.90. The standard InChI is InChI=1S/C27H29ClN8O2/c1-16-12-17(32-27(38)33-23-7-5-4-6-22(23)28)8-9-19(16)20-13-30-25-21(14-31-36(25)24(20)29)26(37)35-11-10-18(15-35)34(2)3/h4-9,12-14,18H,10-11,15,29H2,1-3H3,(H2,32,33,38). The maximum atomic E-state index is 13.2. The van der Waals surface area contributed by atoms with Gasteiger partial charge in [0, 0.05) is 36.6 Å². The zero-order chi connectivity index (χ0) is 27.0. The maximum Gasteiger partial charge on any atom is 0.323 e. The van der Waals surface area contributed by atoms with Crippen molar-refractivity contribution < 1.29 is 9.59 Å². The number of para-hydroxylation sites is 1. The Kier molecular flexibility index (Phi) is 6.92. The molecule has 0 aliphatic carbocycles. The molecule has 3 amide bonds. The fraction of sp³-hybridized carbons (Fsp3) is 0.259. The molecule has 3 heterocycles. The molecule has 11 heteroatoms. The predicted molar refractivity (Wildman–Crippen MR) is 150 cm³/mol. The number of nitrogens with one attached hydrogen (secondary N) is 2. The Morgan fingerprint density at radius 1 is 1.11 bits per heavy atom. The highest BCUT2D eigenvalue weighted by atomic mass is 35.5. The van der Waals surface area contributed by atoms with Gasteiger partial charge in [-0.25, -0.2) is 9.78 Å². The van der Waals surface area contributed by atoms with Crippen LogP contribution in [0.1, 0.15) is 22.3 Å². The van der Waals surface area contributed by atoms with Crippen molar-refractivity contribution in [3.8, 4) is 11.1 Å². The van der Waals surface area contributed by atoms with Gasteiger partial charge in [-0.05, 0) is 62.8 Å². The van der Waals surface area contributed by atoms with Crippen molar-refractivity contribution in [3.05, 3.63) is 71.0 Å². The number of likely N-dealkylation sites (N-methyl/N-ethyl adjacent to an activating group) is 1. The van der Waals surface area contributed by atoms with Crippen LogP contribution in [0, 0.1) is 6.92 Å². The molecule has 0 radical (unpaired) electrons. The van der Waals surface area contributed by atoms with Crippen LogP contribution in [0.5, 0.6) is 0 Å². The number of hydrogen-bond donors (Lipinski definition) is 3. The summed E-state index contributed by atoms with van der Waals surface area (Å²) in [6.07, 6.45) is 4.13. The van der Waals surface area contributed by atoms with Crippen LogP contribution in [0.25, 0.3) is 16.8 Å². The number of nitrogen functional groups attached to an aromatic ring is 1. The molecule has 4 N–H and O–H groups in total. The first-order valence-corrected chi connectivity index (χ1v) is 12.6. The number of anilines is 3. The van der Waals surface area contributed by atoms with Crippen LogP contribution < -0.4 is 16.4 Å². The van der Waals surface area contributed by atoms with E-state index in [0.717, 1.165) is 17.5 Å². The van der Waals surface area contributed by atoms with Crippen LogP contribution in [0.4, 0.5) is 22.0 Å². The van der Waals surface area contributed by atoms with Crippen molar-refractivity contribution in [3.63, 3.8) is 0 Å². The number of urea groups is 1. The van der Waals surface area contributed by atoms with Crippen molar-refractivity contribution in [1.29, 1.82) is 0 Å². The quantitative estimate of drug-likeness (QED) is 0.351. The number of amides is 3. The highest BCUT2D eigenvalue weighted by Crippen LogP contribution is 2.31. The van der Waals surface area contributed by atoms with Gasteiger partial charge in [-0.15, -0.1) is 0 Å².